The van der Waals surface area contributed by atoms with Crippen LogP contribution >= 0.6 is 0 Å². The largest absolute Gasteiger partial charge is 0.344 e. The summed E-state index contributed by atoms with van der Waals surface area (Å²) < 4.78 is 0. The third-order valence-corrected chi connectivity index (χ3v) is 3.80. The van der Waals surface area contributed by atoms with Crippen LogP contribution in [0.1, 0.15) is 17.7 Å². The predicted octanol–water partition coefficient (Wildman–Crippen LogP) is 0.892. The van der Waals surface area contributed by atoms with Crippen LogP contribution in [0, 0.1) is 12.8 Å². The summed E-state index contributed by atoms with van der Waals surface area (Å²) in [5.41, 5.74) is 2.23. The van der Waals surface area contributed by atoms with Crippen LogP contribution in [-0.4, -0.2) is 55.6 Å². The molecule has 1 fully saturated rings. The molecule has 0 aliphatic carbocycles. The normalized spacial score (nSPS) is 19.9. The average Bonchev–Trinajstić information content (AvgIpc) is 2.77. The first-order valence-corrected chi connectivity index (χ1v) is 6.97. The number of nitrogens with one attached hydrogen (secondary N) is 1. The molecule has 5 nitrogen and oxygen atoms in total. The van der Waals surface area contributed by atoms with E-state index < -0.39 is 0 Å². The van der Waals surface area contributed by atoms with Crippen LogP contribution in [0.4, 0.5) is 5.95 Å². The van der Waals surface area contributed by atoms with E-state index in [-0.39, 0.29) is 0 Å². The van der Waals surface area contributed by atoms with Crippen LogP contribution in [0.5, 0.6) is 0 Å². The van der Waals surface area contributed by atoms with Gasteiger partial charge in [0, 0.05) is 44.1 Å². The lowest BCUT2D eigenvalue weighted by atomic mass is 10.1. The molecule has 0 aromatic carbocycles. The van der Waals surface area contributed by atoms with Gasteiger partial charge in [-0.2, -0.15) is 0 Å². The Bertz CT molecular complexity index is 420. The minimum absolute atomic E-state index is 0.732. The van der Waals surface area contributed by atoms with Crippen LogP contribution in [0.3, 0.4) is 0 Å². The molecule has 19 heavy (non-hydrogen) atoms. The van der Waals surface area contributed by atoms with Crippen LogP contribution in [0.25, 0.3) is 0 Å². The highest BCUT2D eigenvalue weighted by Gasteiger charge is 2.21. The zero-order valence-electron chi connectivity index (χ0n) is 12.5. The maximum Gasteiger partial charge on any atom is 0.225 e. The zero-order valence-corrected chi connectivity index (χ0v) is 12.5. The predicted molar refractivity (Wildman–Crippen MR) is 78.4 cm³/mol. The molecule has 0 saturated carbocycles. The maximum absolute atomic E-state index is 4.61. The Kier molecular flexibility index (Phi) is 4.71. The third kappa shape index (κ3) is 3.64. The summed E-state index contributed by atoms with van der Waals surface area (Å²) in [5.74, 6) is 1.57. The van der Waals surface area contributed by atoms with Crippen molar-refractivity contribution < 1.29 is 0 Å². The number of likely N-dealkylation sites (tertiary alicyclic amines) is 1. The quantitative estimate of drug-likeness (QED) is 0.855. The lowest BCUT2D eigenvalue weighted by Crippen LogP contribution is -2.28. The minimum atomic E-state index is 0.732. The Balaban J connectivity index is 1.98. The van der Waals surface area contributed by atoms with Crippen LogP contribution in [-0.2, 0) is 6.54 Å². The summed E-state index contributed by atoms with van der Waals surface area (Å²) in [6, 6.07) is 0. The molecule has 0 bridgehead atoms. The van der Waals surface area contributed by atoms with Crippen molar-refractivity contribution in [3.63, 3.8) is 0 Å². The molecule has 0 amide bonds. The van der Waals surface area contributed by atoms with E-state index in [4.69, 9.17) is 0 Å². The lowest BCUT2D eigenvalue weighted by Gasteiger charge is -2.21. The standard InChI is InChI=1S/C14H25N5/c1-11-13(7-15-2)8-16-14(17-11)19(4)10-12-5-6-18(3)9-12/h8,12,15H,5-7,9-10H2,1-4H3. The van der Waals surface area contributed by atoms with E-state index in [2.05, 4.69) is 46.1 Å². The molecule has 0 spiro atoms. The molecule has 1 atom stereocenters. The van der Waals surface area contributed by atoms with Crippen molar-refractivity contribution in [3.8, 4) is 0 Å². The smallest absolute Gasteiger partial charge is 0.225 e. The Hall–Kier alpha value is -1.20. The van der Waals surface area contributed by atoms with Crippen LogP contribution in [0.2, 0.25) is 0 Å². The van der Waals surface area contributed by atoms with Crippen LogP contribution in [0.15, 0.2) is 6.20 Å². The van der Waals surface area contributed by atoms with Gasteiger partial charge in [-0.15, -0.1) is 0 Å². The van der Waals surface area contributed by atoms with Gasteiger partial charge >= 0.3 is 0 Å². The van der Waals surface area contributed by atoms with Crippen LogP contribution < -0.4 is 10.2 Å². The van der Waals surface area contributed by atoms with Gasteiger partial charge < -0.3 is 15.1 Å². The highest BCUT2D eigenvalue weighted by molar-refractivity contribution is 5.32. The summed E-state index contributed by atoms with van der Waals surface area (Å²) in [5, 5.41) is 3.14. The van der Waals surface area contributed by atoms with Gasteiger partial charge in [-0.1, -0.05) is 0 Å². The number of aromatic nitrogens is 2. The molecule has 2 heterocycles. The molecule has 2 rings (SSSR count). The molecular weight excluding hydrogens is 238 g/mol. The molecule has 1 aromatic heterocycles. The molecule has 1 aromatic rings. The number of anilines is 1. The number of hydrogen-bond acceptors (Lipinski definition) is 5. The Morgan fingerprint density at radius 2 is 2.32 bits per heavy atom. The fourth-order valence-electron chi connectivity index (χ4n) is 2.67. The maximum atomic E-state index is 4.61. The number of rotatable bonds is 5. The first kappa shape index (κ1) is 14.2. The average molecular weight is 263 g/mol. The monoisotopic (exact) mass is 263 g/mol. The summed E-state index contributed by atoms with van der Waals surface area (Å²) in [6.07, 6.45) is 3.21. The summed E-state index contributed by atoms with van der Waals surface area (Å²) in [7, 11) is 6.22. The fraction of sp³-hybridized carbons (Fsp3) is 0.714. The Morgan fingerprint density at radius 1 is 1.53 bits per heavy atom. The molecule has 0 radical (unpaired) electrons. The molecule has 1 saturated heterocycles. The van der Waals surface area contributed by atoms with Crippen molar-refractivity contribution in [1.29, 1.82) is 0 Å². The van der Waals surface area contributed by atoms with E-state index in [0.717, 1.165) is 30.6 Å². The van der Waals surface area contributed by atoms with Gasteiger partial charge in [0.15, 0.2) is 0 Å². The molecule has 1 aliphatic heterocycles. The van der Waals surface area contributed by atoms with Gasteiger partial charge in [-0.3, -0.25) is 0 Å². The molecule has 5 heteroatoms. The second-order valence-corrected chi connectivity index (χ2v) is 5.61. The first-order valence-electron chi connectivity index (χ1n) is 6.97. The highest BCUT2D eigenvalue weighted by atomic mass is 15.2. The van der Waals surface area contributed by atoms with Crippen molar-refractivity contribution in [3.05, 3.63) is 17.5 Å². The topological polar surface area (TPSA) is 44.3 Å². The lowest BCUT2D eigenvalue weighted by molar-refractivity contribution is 0.395. The second kappa shape index (κ2) is 6.30. The molecule has 1 unspecified atom stereocenters. The first-order chi connectivity index (χ1) is 9.10. The van der Waals surface area contributed by atoms with Crippen molar-refractivity contribution in [2.75, 3.05) is 45.7 Å². The molecular formula is C14H25N5. The Morgan fingerprint density at radius 3 is 2.89 bits per heavy atom. The number of aryl methyl sites for hydroxylation is 1. The highest BCUT2D eigenvalue weighted by Crippen LogP contribution is 2.18. The fourth-order valence-corrected chi connectivity index (χ4v) is 2.67. The van der Waals surface area contributed by atoms with Gasteiger partial charge in [-0.05, 0) is 39.9 Å². The van der Waals surface area contributed by atoms with Crippen molar-refractivity contribution in [2.24, 2.45) is 5.92 Å². The molecule has 106 valence electrons. The third-order valence-electron chi connectivity index (χ3n) is 3.80. The Labute approximate surface area is 116 Å². The van der Waals surface area contributed by atoms with E-state index in [1.165, 1.54) is 25.1 Å². The van der Waals surface area contributed by atoms with Gasteiger partial charge in [0.1, 0.15) is 0 Å². The van der Waals surface area contributed by atoms with E-state index in [0.29, 0.717) is 0 Å². The van der Waals surface area contributed by atoms with E-state index in [1.54, 1.807) is 0 Å². The zero-order chi connectivity index (χ0) is 13.8. The number of hydrogen-bond donors (Lipinski definition) is 1. The van der Waals surface area contributed by atoms with Gasteiger partial charge in [-0.25, -0.2) is 9.97 Å². The van der Waals surface area contributed by atoms with E-state index >= 15 is 0 Å². The minimum Gasteiger partial charge on any atom is -0.344 e. The number of nitrogens with zero attached hydrogens (tertiary/aromatic N) is 4. The van der Waals surface area contributed by atoms with Gasteiger partial charge in [0.05, 0.1) is 0 Å². The van der Waals surface area contributed by atoms with Gasteiger partial charge in [0.25, 0.3) is 0 Å². The van der Waals surface area contributed by atoms with Crippen molar-refractivity contribution in [2.45, 2.75) is 19.9 Å². The summed E-state index contributed by atoms with van der Waals surface area (Å²) in [4.78, 5) is 13.7. The van der Waals surface area contributed by atoms with Crippen molar-refractivity contribution in [1.82, 2.24) is 20.2 Å². The molecule has 1 N–H and O–H groups in total. The van der Waals surface area contributed by atoms with E-state index in [1.807, 2.05) is 13.2 Å². The summed E-state index contributed by atoms with van der Waals surface area (Å²) >= 11 is 0. The molecule has 1 aliphatic rings. The second-order valence-electron chi connectivity index (χ2n) is 5.61. The van der Waals surface area contributed by atoms with Gasteiger partial charge in [0.2, 0.25) is 5.95 Å². The summed E-state index contributed by atoms with van der Waals surface area (Å²) in [6.45, 7) is 6.30. The SMILES string of the molecule is CNCc1cnc(N(C)CC2CCN(C)C2)nc1C. The van der Waals surface area contributed by atoms with E-state index in [9.17, 15) is 0 Å². The van der Waals surface area contributed by atoms with Crippen molar-refractivity contribution >= 4 is 5.95 Å².